The van der Waals surface area contributed by atoms with E-state index in [-0.39, 0.29) is 0 Å². The molecule has 0 heterocycles. The number of benzene rings is 1. The van der Waals surface area contributed by atoms with Crippen molar-refractivity contribution < 1.29 is 0 Å². The highest BCUT2D eigenvalue weighted by Crippen LogP contribution is 2.31. The summed E-state index contributed by atoms with van der Waals surface area (Å²) in [7, 11) is 0. The summed E-state index contributed by atoms with van der Waals surface area (Å²) in [6.45, 7) is 7.81. The van der Waals surface area contributed by atoms with Crippen molar-refractivity contribution in [1.29, 1.82) is 0 Å². The molecule has 0 amide bonds. The molecule has 0 aliphatic heterocycles. The first-order valence-electron chi connectivity index (χ1n) is 8.51. The second kappa shape index (κ2) is 7.83. The molecule has 0 bridgehead atoms. The maximum absolute atomic E-state index is 3.76. The van der Waals surface area contributed by atoms with E-state index < -0.39 is 0 Å². The van der Waals surface area contributed by atoms with Gasteiger partial charge in [-0.15, -0.1) is 0 Å². The molecule has 1 aromatic rings. The first kappa shape index (κ1) is 15.6. The van der Waals surface area contributed by atoms with Crippen molar-refractivity contribution in [2.45, 2.75) is 71.8 Å². The van der Waals surface area contributed by atoms with Gasteiger partial charge in [-0.1, -0.05) is 50.8 Å². The largest absolute Gasteiger partial charge is 0.310 e. The number of hydrogen-bond acceptors (Lipinski definition) is 1. The summed E-state index contributed by atoms with van der Waals surface area (Å²) >= 11 is 0. The average Bonchev–Trinajstić information content (AvgIpc) is 2.95. The fourth-order valence-corrected chi connectivity index (χ4v) is 3.39. The SMILES string of the molecule is CCCNC(CCC1CCCC1)c1ccc(C)c(C)c1. The highest BCUT2D eigenvalue weighted by molar-refractivity contribution is 5.31. The topological polar surface area (TPSA) is 12.0 Å². The van der Waals surface area contributed by atoms with Crippen molar-refractivity contribution in [3.8, 4) is 0 Å². The minimum absolute atomic E-state index is 0.551. The van der Waals surface area contributed by atoms with Gasteiger partial charge < -0.3 is 5.32 Å². The normalized spacial score (nSPS) is 17.6. The molecule has 0 spiro atoms. The summed E-state index contributed by atoms with van der Waals surface area (Å²) in [4.78, 5) is 0. The summed E-state index contributed by atoms with van der Waals surface area (Å²) in [5, 5.41) is 3.76. The number of aryl methyl sites for hydroxylation is 2. The second-order valence-corrected chi connectivity index (χ2v) is 6.58. The van der Waals surface area contributed by atoms with Crippen LogP contribution < -0.4 is 5.32 Å². The summed E-state index contributed by atoms with van der Waals surface area (Å²) in [5.74, 6) is 0.993. The molecule has 0 saturated heterocycles. The Labute approximate surface area is 125 Å². The van der Waals surface area contributed by atoms with Crippen molar-refractivity contribution in [1.82, 2.24) is 5.32 Å². The molecule has 1 saturated carbocycles. The zero-order valence-electron chi connectivity index (χ0n) is 13.5. The van der Waals surface area contributed by atoms with E-state index in [1.54, 1.807) is 0 Å². The molecule has 1 nitrogen and oxygen atoms in total. The fraction of sp³-hybridized carbons (Fsp3) is 0.684. The van der Waals surface area contributed by atoms with Crippen molar-refractivity contribution in [2.75, 3.05) is 6.54 Å². The quantitative estimate of drug-likeness (QED) is 0.709. The van der Waals surface area contributed by atoms with E-state index in [0.717, 1.165) is 12.5 Å². The van der Waals surface area contributed by atoms with Gasteiger partial charge >= 0.3 is 0 Å². The van der Waals surface area contributed by atoms with Crippen LogP contribution in [0.15, 0.2) is 18.2 Å². The van der Waals surface area contributed by atoms with E-state index in [1.165, 1.54) is 61.6 Å². The molecule has 2 rings (SSSR count). The summed E-state index contributed by atoms with van der Waals surface area (Å²) in [5.41, 5.74) is 4.31. The molecule has 1 aromatic carbocycles. The predicted molar refractivity (Wildman–Crippen MR) is 88.1 cm³/mol. The van der Waals surface area contributed by atoms with Gasteiger partial charge in [0.1, 0.15) is 0 Å². The lowest BCUT2D eigenvalue weighted by molar-refractivity contribution is 0.412. The van der Waals surface area contributed by atoms with Crippen LogP contribution >= 0.6 is 0 Å². The molecule has 1 N–H and O–H groups in total. The standard InChI is InChI=1S/C19H31N/c1-4-13-20-19(12-10-17-7-5-6-8-17)18-11-9-15(2)16(3)14-18/h9,11,14,17,19-20H,4-8,10,12-13H2,1-3H3. The molecular weight excluding hydrogens is 242 g/mol. The van der Waals surface area contributed by atoms with Gasteiger partial charge in [0.15, 0.2) is 0 Å². The molecule has 0 radical (unpaired) electrons. The summed E-state index contributed by atoms with van der Waals surface area (Å²) < 4.78 is 0. The summed E-state index contributed by atoms with van der Waals surface area (Å²) in [6, 6.07) is 7.54. The van der Waals surface area contributed by atoms with Gasteiger partial charge in [0.05, 0.1) is 0 Å². The molecule has 1 heteroatoms. The van der Waals surface area contributed by atoms with E-state index in [1.807, 2.05) is 0 Å². The molecule has 1 aliphatic carbocycles. The first-order chi connectivity index (χ1) is 9.70. The predicted octanol–water partition coefficient (Wildman–Crippen LogP) is 5.31. The third kappa shape index (κ3) is 4.34. The Morgan fingerprint density at radius 2 is 1.90 bits per heavy atom. The zero-order valence-corrected chi connectivity index (χ0v) is 13.5. The van der Waals surface area contributed by atoms with Gasteiger partial charge in [-0.05, 0) is 62.3 Å². The Balaban J connectivity index is 1.99. The highest BCUT2D eigenvalue weighted by Gasteiger charge is 2.18. The molecule has 112 valence electrons. The molecular formula is C19H31N. The van der Waals surface area contributed by atoms with Crippen LogP contribution in [0.2, 0.25) is 0 Å². The number of nitrogens with one attached hydrogen (secondary N) is 1. The maximum atomic E-state index is 3.76. The number of rotatable bonds is 7. The molecule has 1 atom stereocenters. The van der Waals surface area contributed by atoms with E-state index in [4.69, 9.17) is 0 Å². The van der Waals surface area contributed by atoms with Crippen molar-refractivity contribution in [3.63, 3.8) is 0 Å². The average molecular weight is 273 g/mol. The lowest BCUT2D eigenvalue weighted by Crippen LogP contribution is -2.23. The van der Waals surface area contributed by atoms with Crippen LogP contribution in [0.5, 0.6) is 0 Å². The fourth-order valence-electron chi connectivity index (χ4n) is 3.39. The Morgan fingerprint density at radius 1 is 1.15 bits per heavy atom. The van der Waals surface area contributed by atoms with Crippen LogP contribution in [-0.4, -0.2) is 6.54 Å². The van der Waals surface area contributed by atoms with Gasteiger partial charge in [0.25, 0.3) is 0 Å². The molecule has 1 fully saturated rings. The van der Waals surface area contributed by atoms with Crippen molar-refractivity contribution in [2.24, 2.45) is 5.92 Å². The first-order valence-corrected chi connectivity index (χ1v) is 8.51. The maximum Gasteiger partial charge on any atom is 0.0320 e. The van der Waals surface area contributed by atoms with Crippen LogP contribution in [0.4, 0.5) is 0 Å². The monoisotopic (exact) mass is 273 g/mol. The van der Waals surface area contributed by atoms with Gasteiger partial charge in [0, 0.05) is 6.04 Å². The third-order valence-corrected chi connectivity index (χ3v) is 4.91. The van der Waals surface area contributed by atoms with E-state index in [0.29, 0.717) is 6.04 Å². The second-order valence-electron chi connectivity index (χ2n) is 6.58. The minimum atomic E-state index is 0.551. The third-order valence-electron chi connectivity index (χ3n) is 4.91. The van der Waals surface area contributed by atoms with Crippen LogP contribution in [0.1, 0.15) is 74.6 Å². The van der Waals surface area contributed by atoms with E-state index in [9.17, 15) is 0 Å². The van der Waals surface area contributed by atoms with Gasteiger partial charge in [-0.25, -0.2) is 0 Å². The molecule has 1 unspecified atom stereocenters. The molecule has 1 aliphatic rings. The molecule has 0 aromatic heterocycles. The van der Waals surface area contributed by atoms with E-state index >= 15 is 0 Å². The van der Waals surface area contributed by atoms with Crippen LogP contribution in [-0.2, 0) is 0 Å². The minimum Gasteiger partial charge on any atom is -0.310 e. The smallest absolute Gasteiger partial charge is 0.0320 e. The number of hydrogen-bond donors (Lipinski definition) is 1. The lowest BCUT2D eigenvalue weighted by Gasteiger charge is -2.21. The van der Waals surface area contributed by atoms with E-state index in [2.05, 4.69) is 44.3 Å². The Kier molecular flexibility index (Phi) is 6.09. The van der Waals surface area contributed by atoms with Gasteiger partial charge in [-0.2, -0.15) is 0 Å². The Bertz CT molecular complexity index is 404. The summed E-state index contributed by atoms with van der Waals surface area (Å²) in [6.07, 6.45) is 9.76. The van der Waals surface area contributed by atoms with Crippen molar-refractivity contribution >= 4 is 0 Å². The van der Waals surface area contributed by atoms with Crippen LogP contribution in [0.25, 0.3) is 0 Å². The Morgan fingerprint density at radius 3 is 2.55 bits per heavy atom. The Hall–Kier alpha value is -0.820. The molecule has 20 heavy (non-hydrogen) atoms. The zero-order chi connectivity index (χ0) is 14.4. The van der Waals surface area contributed by atoms with Crippen LogP contribution in [0, 0.1) is 19.8 Å². The lowest BCUT2D eigenvalue weighted by atomic mass is 9.93. The van der Waals surface area contributed by atoms with Gasteiger partial charge in [0.2, 0.25) is 0 Å². The van der Waals surface area contributed by atoms with Gasteiger partial charge in [-0.3, -0.25) is 0 Å². The van der Waals surface area contributed by atoms with Crippen LogP contribution in [0.3, 0.4) is 0 Å². The highest BCUT2D eigenvalue weighted by atomic mass is 14.9. The van der Waals surface area contributed by atoms with Crippen molar-refractivity contribution in [3.05, 3.63) is 34.9 Å².